The van der Waals surface area contributed by atoms with Crippen molar-refractivity contribution in [3.63, 3.8) is 0 Å². The molecule has 6 bridgehead atoms. The van der Waals surface area contributed by atoms with Crippen molar-refractivity contribution in [2.45, 2.75) is 119 Å². The predicted molar refractivity (Wildman–Crippen MR) is 268 cm³/mol. The quantitative estimate of drug-likeness (QED) is 0.0841. The normalized spacial score (nSPS) is 22.0. The molecule has 3 aliphatic heterocycles. The maximum Gasteiger partial charge on any atom is 0.324 e. The van der Waals surface area contributed by atoms with Crippen molar-refractivity contribution in [2.24, 2.45) is 27.7 Å². The van der Waals surface area contributed by atoms with E-state index >= 15 is 0 Å². The summed E-state index contributed by atoms with van der Waals surface area (Å²) < 4.78 is 14.3. The molecular formula is C54H73N7O7. The summed E-state index contributed by atoms with van der Waals surface area (Å²) in [7, 11) is 3.29. The number of cyclic esters (lactones) is 1. The maximum atomic E-state index is 14.8. The van der Waals surface area contributed by atoms with Crippen LogP contribution < -0.4 is 10.7 Å². The number of amides is 4. The van der Waals surface area contributed by atoms with Crippen molar-refractivity contribution in [1.82, 2.24) is 30.1 Å². The van der Waals surface area contributed by atoms with Gasteiger partial charge in [-0.15, -0.1) is 0 Å². The van der Waals surface area contributed by atoms with E-state index in [1.165, 1.54) is 16.0 Å². The number of fused-ring (bicyclic) bond motifs is 6. The molecule has 0 unspecified atom stereocenters. The van der Waals surface area contributed by atoms with Gasteiger partial charge in [0, 0.05) is 74.9 Å². The fourth-order valence-corrected chi connectivity index (χ4v) is 10.3. The van der Waals surface area contributed by atoms with Crippen molar-refractivity contribution in [3.05, 3.63) is 90.3 Å². The molecule has 2 aromatic carbocycles. The van der Waals surface area contributed by atoms with E-state index in [-0.39, 0.29) is 43.4 Å². The lowest BCUT2D eigenvalue weighted by Crippen LogP contribution is -2.62. The lowest BCUT2D eigenvalue weighted by molar-refractivity contribution is -0.155. The number of hydrogen-bond donors (Lipinski definition) is 2. The Morgan fingerprint density at radius 2 is 1.78 bits per heavy atom. The standard InChI is InChI=1S/C54H73N7O7/c1-14-38(46(55-16-3)34(7)67-13)48-40-29-53(8,9)32-68-52(66)42-22-19-25-61(57-42)51(65)43(27-35-20-18-21-36(26-35)37-23-24-44(39(40)28-37)60(48)17-4)56-49(63)47(33(5)6)58(12)50(64)41-30-59(45(62)15-2)31-54(41,10)11/h14-16,18,20-21,23-24,26,28,33-34,41-43,47,57H,1-2,17,19,22,25,27,29-32H2,3-13H3,(H,56,63)/b46-38+,55-16-/t34-,41-,42-,43-,47-/m0/s1. The third-order valence-electron chi connectivity index (χ3n) is 13.9. The highest BCUT2D eigenvalue weighted by molar-refractivity contribution is 5.96. The second-order valence-corrected chi connectivity index (χ2v) is 20.4. The van der Waals surface area contributed by atoms with E-state index in [0.717, 1.165) is 50.1 Å². The van der Waals surface area contributed by atoms with Gasteiger partial charge in [0.25, 0.3) is 5.91 Å². The summed E-state index contributed by atoms with van der Waals surface area (Å²) in [6, 6.07) is 11.7. The Hall–Kier alpha value is -5.86. The highest BCUT2D eigenvalue weighted by atomic mass is 16.5. The number of aryl methyl sites for hydroxylation is 1. The van der Waals surface area contributed by atoms with E-state index in [1.807, 2.05) is 65.8 Å². The topological polar surface area (TPSA) is 155 Å². The van der Waals surface area contributed by atoms with Crippen LogP contribution in [0.4, 0.5) is 0 Å². The number of carbonyl (C=O) groups is 5. The first-order chi connectivity index (χ1) is 32.2. The van der Waals surface area contributed by atoms with E-state index in [0.29, 0.717) is 38.9 Å². The van der Waals surface area contributed by atoms with Crippen molar-refractivity contribution in [3.8, 4) is 11.1 Å². The van der Waals surface area contributed by atoms with Crippen LogP contribution in [0.25, 0.3) is 27.6 Å². The maximum absolute atomic E-state index is 14.8. The van der Waals surface area contributed by atoms with Crippen molar-refractivity contribution < 1.29 is 33.4 Å². The monoisotopic (exact) mass is 932 g/mol. The summed E-state index contributed by atoms with van der Waals surface area (Å²) in [5.41, 5.74) is 9.47. The minimum Gasteiger partial charge on any atom is -0.464 e. The number of esters is 1. The van der Waals surface area contributed by atoms with Crippen LogP contribution in [-0.2, 0) is 52.8 Å². The van der Waals surface area contributed by atoms with Gasteiger partial charge < -0.3 is 29.2 Å². The van der Waals surface area contributed by atoms with Gasteiger partial charge in [-0.2, -0.15) is 0 Å². The zero-order valence-corrected chi connectivity index (χ0v) is 42.1. The zero-order valence-electron chi connectivity index (χ0n) is 42.1. The number of nitrogens with zero attached hydrogens (tertiary/aromatic N) is 5. The number of ether oxygens (including phenoxy) is 2. The molecule has 0 aliphatic carbocycles. The fourth-order valence-electron chi connectivity index (χ4n) is 10.3. The molecule has 4 heterocycles. The first-order valence-electron chi connectivity index (χ1n) is 24.1. The highest BCUT2D eigenvalue weighted by Gasteiger charge is 2.48. The van der Waals surface area contributed by atoms with Crippen LogP contribution in [-0.4, -0.2) is 120 Å². The highest BCUT2D eigenvalue weighted by Crippen LogP contribution is 2.41. The van der Waals surface area contributed by atoms with Crippen LogP contribution in [0.3, 0.4) is 0 Å². The average Bonchev–Trinajstić information content (AvgIpc) is 3.80. The second-order valence-electron chi connectivity index (χ2n) is 20.4. The summed E-state index contributed by atoms with van der Waals surface area (Å²) in [5, 5.41) is 5.55. The van der Waals surface area contributed by atoms with Gasteiger partial charge in [0.05, 0.1) is 30.0 Å². The minimum absolute atomic E-state index is 0.113. The van der Waals surface area contributed by atoms with Crippen LogP contribution in [0, 0.1) is 22.7 Å². The molecule has 0 saturated carbocycles. The fraction of sp³-hybridized carbons (Fsp3) is 0.519. The van der Waals surface area contributed by atoms with Crippen LogP contribution in [0.5, 0.6) is 0 Å². The van der Waals surface area contributed by atoms with Gasteiger partial charge in [-0.05, 0) is 91.8 Å². The number of methoxy groups -OCH3 is 1. The lowest BCUT2D eigenvalue weighted by atomic mass is 9.80. The molecule has 4 amide bonds. The Bertz CT molecular complexity index is 2500. The van der Waals surface area contributed by atoms with Gasteiger partial charge in [-0.1, -0.05) is 91.1 Å². The van der Waals surface area contributed by atoms with E-state index in [9.17, 15) is 24.0 Å². The number of carbonyl (C=O) groups excluding carboxylic acids is 5. The molecule has 366 valence electrons. The van der Waals surface area contributed by atoms with Gasteiger partial charge in [0.2, 0.25) is 17.7 Å². The van der Waals surface area contributed by atoms with E-state index in [1.54, 1.807) is 25.3 Å². The number of rotatable bonds is 12. The van der Waals surface area contributed by atoms with Crippen molar-refractivity contribution in [2.75, 3.05) is 40.4 Å². The van der Waals surface area contributed by atoms with E-state index < -0.39 is 52.7 Å². The Labute approximate surface area is 402 Å². The zero-order chi connectivity index (χ0) is 49.8. The van der Waals surface area contributed by atoms with Crippen LogP contribution in [0.15, 0.2) is 78.5 Å². The number of aromatic nitrogens is 1. The third-order valence-corrected chi connectivity index (χ3v) is 13.9. The Balaban J connectivity index is 1.45. The Morgan fingerprint density at radius 1 is 1.06 bits per heavy atom. The van der Waals surface area contributed by atoms with Crippen molar-refractivity contribution >= 4 is 52.3 Å². The summed E-state index contributed by atoms with van der Waals surface area (Å²) in [6.07, 6.45) is 6.22. The molecule has 1 aromatic heterocycles. The van der Waals surface area contributed by atoms with Crippen molar-refractivity contribution in [1.29, 1.82) is 0 Å². The van der Waals surface area contributed by atoms with Gasteiger partial charge in [0.1, 0.15) is 18.1 Å². The molecule has 3 aromatic rings. The number of nitrogens with one attached hydrogen (secondary N) is 2. The molecule has 14 heteroatoms. The molecule has 5 atom stereocenters. The number of likely N-dealkylation sites (N-methyl/N-ethyl adjacent to an activating group) is 1. The van der Waals surface area contributed by atoms with Gasteiger partial charge in [-0.3, -0.25) is 34.0 Å². The summed E-state index contributed by atoms with van der Waals surface area (Å²) in [4.78, 5) is 78.3. The number of allylic oxidation sites excluding steroid dienone is 2. The summed E-state index contributed by atoms with van der Waals surface area (Å²) in [5.74, 6) is -2.74. The number of benzene rings is 2. The summed E-state index contributed by atoms with van der Waals surface area (Å²) in [6.45, 7) is 27.4. The minimum atomic E-state index is -1.07. The summed E-state index contributed by atoms with van der Waals surface area (Å²) >= 11 is 0. The molecular weight excluding hydrogens is 859 g/mol. The number of likely N-dealkylation sites (tertiary alicyclic amines) is 1. The number of hydrazine groups is 1. The molecule has 0 radical (unpaired) electrons. The van der Waals surface area contributed by atoms with Crippen LogP contribution in [0.1, 0.15) is 92.0 Å². The molecule has 3 aliphatic rings. The average molecular weight is 932 g/mol. The molecule has 14 nitrogen and oxygen atoms in total. The Kier molecular flexibility index (Phi) is 16.1. The number of hydrogen-bond acceptors (Lipinski definition) is 9. The smallest absolute Gasteiger partial charge is 0.324 e. The van der Waals surface area contributed by atoms with Crippen LogP contribution >= 0.6 is 0 Å². The Morgan fingerprint density at radius 3 is 2.43 bits per heavy atom. The molecule has 2 fully saturated rings. The number of aliphatic imine (C=N–C) groups is 1. The molecule has 2 saturated heterocycles. The third kappa shape index (κ3) is 10.7. The first kappa shape index (κ1) is 51.5. The van der Waals surface area contributed by atoms with Gasteiger partial charge in [-0.25, -0.2) is 5.43 Å². The molecule has 0 spiro atoms. The second kappa shape index (κ2) is 21.2. The molecule has 68 heavy (non-hydrogen) atoms. The van der Waals surface area contributed by atoms with E-state index in [2.05, 4.69) is 73.5 Å². The SMILES string of the molecule is C=CC(=O)N1C[C@@H](C(=O)N(C)[C@H](C(=O)N[C@H]2Cc3cccc(c3)-c3ccc4c(c3)c(c(/C(C=C)=C(/N=C\C)[C@H](C)OC)n4CC)CC(C)(C)COC(=O)[C@@H]3CCCN(N3)C2=O)C(C)C)C(C)(C)C1. The molecule has 2 N–H and O–H groups in total. The van der Waals surface area contributed by atoms with Gasteiger partial charge in [0.15, 0.2) is 0 Å². The lowest BCUT2D eigenvalue weighted by Gasteiger charge is -2.37. The van der Waals surface area contributed by atoms with E-state index in [4.69, 9.17) is 14.5 Å². The largest absolute Gasteiger partial charge is 0.464 e. The van der Waals surface area contributed by atoms with Gasteiger partial charge >= 0.3 is 5.97 Å². The first-order valence-corrected chi connectivity index (χ1v) is 24.1. The predicted octanol–water partition coefficient (Wildman–Crippen LogP) is 7.15. The van der Waals surface area contributed by atoms with Crippen LogP contribution in [0.2, 0.25) is 0 Å². The molecule has 6 rings (SSSR count).